The molecule has 1 saturated heterocycles. The molecule has 1 aromatic rings. The molecule has 1 fully saturated rings. The molecule has 18 heavy (non-hydrogen) atoms. The summed E-state index contributed by atoms with van der Waals surface area (Å²) < 4.78 is 42.9. The molecule has 0 bridgehead atoms. The fourth-order valence-corrected chi connectivity index (χ4v) is 1.86. The largest absolute Gasteiger partial charge is 0.417 e. The molecule has 1 aromatic carbocycles. The van der Waals surface area contributed by atoms with E-state index in [1.165, 1.54) is 12.1 Å². The van der Waals surface area contributed by atoms with E-state index < -0.39 is 11.7 Å². The van der Waals surface area contributed by atoms with Crippen LogP contribution < -0.4 is 5.32 Å². The van der Waals surface area contributed by atoms with E-state index in [-0.39, 0.29) is 11.6 Å². The minimum atomic E-state index is -4.50. The molecule has 1 aliphatic heterocycles. The van der Waals surface area contributed by atoms with Crippen molar-refractivity contribution in [2.75, 3.05) is 18.5 Å². The Morgan fingerprint density at radius 2 is 2.17 bits per heavy atom. The third kappa shape index (κ3) is 2.74. The van der Waals surface area contributed by atoms with Gasteiger partial charge < -0.3 is 10.1 Å². The van der Waals surface area contributed by atoms with E-state index in [1.54, 1.807) is 6.07 Å². The number of benzene rings is 1. The number of halogens is 3. The lowest BCUT2D eigenvalue weighted by molar-refractivity contribution is -0.137. The minimum Gasteiger partial charge on any atom is -0.380 e. The molecule has 0 amide bonds. The van der Waals surface area contributed by atoms with E-state index in [0.717, 1.165) is 12.5 Å². The van der Waals surface area contributed by atoms with Gasteiger partial charge in [-0.3, -0.25) is 0 Å². The molecule has 0 aliphatic carbocycles. The van der Waals surface area contributed by atoms with Crippen LogP contribution in [-0.2, 0) is 10.9 Å². The summed E-state index contributed by atoms with van der Waals surface area (Å²) >= 11 is 0. The molecule has 0 saturated carbocycles. The molecule has 1 aliphatic rings. The summed E-state index contributed by atoms with van der Waals surface area (Å²) in [5.41, 5.74) is -0.764. The van der Waals surface area contributed by atoms with Crippen LogP contribution in [0.15, 0.2) is 18.2 Å². The summed E-state index contributed by atoms with van der Waals surface area (Å²) in [6.07, 6.45) is -3.69. The van der Waals surface area contributed by atoms with Gasteiger partial charge in [0, 0.05) is 12.3 Å². The molecule has 0 radical (unpaired) electrons. The molecule has 1 heterocycles. The van der Waals surface area contributed by atoms with Gasteiger partial charge in [0.15, 0.2) is 0 Å². The number of rotatable bonds is 2. The molecule has 0 spiro atoms. The zero-order valence-corrected chi connectivity index (χ0v) is 9.42. The lowest BCUT2D eigenvalue weighted by atomic mass is 10.1. The van der Waals surface area contributed by atoms with Crippen LogP contribution in [0.5, 0.6) is 0 Å². The van der Waals surface area contributed by atoms with Crippen molar-refractivity contribution in [3.63, 3.8) is 0 Å². The third-order valence-corrected chi connectivity index (χ3v) is 2.75. The monoisotopic (exact) mass is 256 g/mol. The van der Waals surface area contributed by atoms with Crippen molar-refractivity contribution in [3.05, 3.63) is 29.3 Å². The van der Waals surface area contributed by atoms with E-state index in [4.69, 9.17) is 10.00 Å². The number of hydrogen-bond donors (Lipinski definition) is 1. The molecule has 0 aromatic heterocycles. The maximum absolute atomic E-state index is 12.6. The van der Waals surface area contributed by atoms with Crippen molar-refractivity contribution < 1.29 is 17.9 Å². The molecule has 6 heteroatoms. The van der Waals surface area contributed by atoms with Gasteiger partial charge in [-0.05, 0) is 24.6 Å². The second-order valence-electron chi connectivity index (χ2n) is 4.07. The lowest BCUT2D eigenvalue weighted by Crippen LogP contribution is -2.19. The molecule has 2 rings (SSSR count). The van der Waals surface area contributed by atoms with Gasteiger partial charge in [-0.2, -0.15) is 18.4 Å². The van der Waals surface area contributed by atoms with E-state index in [2.05, 4.69) is 5.32 Å². The highest BCUT2D eigenvalue weighted by Crippen LogP contribution is 2.33. The van der Waals surface area contributed by atoms with Crippen molar-refractivity contribution in [2.24, 2.45) is 0 Å². The Labute approximate surface area is 102 Å². The second-order valence-corrected chi connectivity index (χ2v) is 4.07. The number of hydrogen-bond acceptors (Lipinski definition) is 3. The van der Waals surface area contributed by atoms with Gasteiger partial charge >= 0.3 is 6.18 Å². The summed E-state index contributed by atoms with van der Waals surface area (Å²) in [6.45, 7) is 1.17. The number of anilines is 1. The summed E-state index contributed by atoms with van der Waals surface area (Å²) in [6, 6.07) is 5.15. The van der Waals surface area contributed by atoms with Crippen LogP contribution in [0, 0.1) is 11.3 Å². The summed E-state index contributed by atoms with van der Waals surface area (Å²) in [5, 5.41) is 11.8. The van der Waals surface area contributed by atoms with Gasteiger partial charge in [-0.15, -0.1) is 0 Å². The molecular formula is C12H11F3N2O. The number of nitrogens with zero attached hydrogens (tertiary/aromatic N) is 1. The first-order valence-corrected chi connectivity index (χ1v) is 5.46. The van der Waals surface area contributed by atoms with Crippen LogP contribution in [0.2, 0.25) is 0 Å². The van der Waals surface area contributed by atoms with Crippen molar-refractivity contribution >= 4 is 5.69 Å². The van der Waals surface area contributed by atoms with Crippen LogP contribution in [-0.4, -0.2) is 19.3 Å². The first kappa shape index (κ1) is 12.7. The van der Waals surface area contributed by atoms with Crippen LogP contribution in [0.3, 0.4) is 0 Å². The van der Waals surface area contributed by atoms with E-state index in [1.807, 2.05) is 0 Å². The fourth-order valence-electron chi connectivity index (χ4n) is 1.86. The Morgan fingerprint density at radius 3 is 2.72 bits per heavy atom. The highest BCUT2D eigenvalue weighted by molar-refractivity contribution is 5.54. The van der Waals surface area contributed by atoms with Gasteiger partial charge in [0.2, 0.25) is 0 Å². The summed E-state index contributed by atoms with van der Waals surface area (Å²) in [4.78, 5) is 0. The quantitative estimate of drug-likeness (QED) is 0.884. The van der Waals surface area contributed by atoms with Crippen LogP contribution in [0.1, 0.15) is 17.5 Å². The average molecular weight is 256 g/mol. The molecular weight excluding hydrogens is 245 g/mol. The second kappa shape index (κ2) is 4.86. The van der Waals surface area contributed by atoms with Crippen LogP contribution >= 0.6 is 0 Å². The topological polar surface area (TPSA) is 45.0 Å². The highest BCUT2D eigenvalue weighted by atomic mass is 19.4. The molecule has 96 valence electrons. The first-order chi connectivity index (χ1) is 8.50. The number of alkyl halides is 3. The van der Waals surface area contributed by atoms with Crippen molar-refractivity contribution in [1.29, 1.82) is 5.26 Å². The smallest absolute Gasteiger partial charge is 0.380 e. The third-order valence-electron chi connectivity index (χ3n) is 2.75. The van der Waals surface area contributed by atoms with E-state index in [9.17, 15) is 13.2 Å². The van der Waals surface area contributed by atoms with E-state index >= 15 is 0 Å². The van der Waals surface area contributed by atoms with Crippen molar-refractivity contribution in [1.82, 2.24) is 0 Å². The minimum absolute atomic E-state index is 0.0910. The first-order valence-electron chi connectivity index (χ1n) is 5.46. The van der Waals surface area contributed by atoms with Crippen LogP contribution in [0.4, 0.5) is 18.9 Å². The molecule has 1 N–H and O–H groups in total. The Morgan fingerprint density at radius 1 is 1.39 bits per heavy atom. The standard InChI is InChI=1S/C12H11F3N2O/c13-12(14,15)11-2-1-9(5-8(11)6-16)17-10-3-4-18-7-10/h1-2,5,10,17H,3-4,7H2. The number of nitriles is 1. The average Bonchev–Trinajstić information content (AvgIpc) is 2.80. The van der Waals surface area contributed by atoms with E-state index in [0.29, 0.717) is 18.9 Å². The number of nitrogens with one attached hydrogen (secondary N) is 1. The summed E-state index contributed by atoms with van der Waals surface area (Å²) in [7, 11) is 0. The van der Waals surface area contributed by atoms with Crippen molar-refractivity contribution in [3.8, 4) is 6.07 Å². The fraction of sp³-hybridized carbons (Fsp3) is 0.417. The number of ether oxygens (including phenoxy) is 1. The SMILES string of the molecule is N#Cc1cc(NC2CCOC2)ccc1C(F)(F)F. The Kier molecular flexibility index (Phi) is 3.43. The van der Waals surface area contributed by atoms with Gasteiger partial charge in [-0.25, -0.2) is 0 Å². The Bertz CT molecular complexity index is 473. The molecule has 1 atom stereocenters. The normalized spacial score (nSPS) is 19.6. The van der Waals surface area contributed by atoms with Gasteiger partial charge in [-0.1, -0.05) is 0 Å². The maximum atomic E-state index is 12.6. The molecule has 3 nitrogen and oxygen atoms in total. The van der Waals surface area contributed by atoms with Gasteiger partial charge in [0.1, 0.15) is 0 Å². The van der Waals surface area contributed by atoms with Gasteiger partial charge in [0.05, 0.1) is 29.8 Å². The Balaban J connectivity index is 2.22. The predicted molar refractivity (Wildman–Crippen MR) is 59.0 cm³/mol. The summed E-state index contributed by atoms with van der Waals surface area (Å²) in [5.74, 6) is 0. The Hall–Kier alpha value is -1.74. The predicted octanol–water partition coefficient (Wildman–Crippen LogP) is 2.78. The highest BCUT2D eigenvalue weighted by Gasteiger charge is 2.33. The lowest BCUT2D eigenvalue weighted by Gasteiger charge is -2.14. The van der Waals surface area contributed by atoms with Crippen molar-refractivity contribution in [2.45, 2.75) is 18.6 Å². The zero-order chi connectivity index (χ0) is 13.2. The maximum Gasteiger partial charge on any atom is 0.417 e. The van der Waals surface area contributed by atoms with Gasteiger partial charge in [0.25, 0.3) is 0 Å². The van der Waals surface area contributed by atoms with Crippen LogP contribution in [0.25, 0.3) is 0 Å². The zero-order valence-electron chi connectivity index (χ0n) is 9.42. The molecule has 1 unspecified atom stereocenters.